The summed E-state index contributed by atoms with van der Waals surface area (Å²) in [5.74, 6) is 0.391. The van der Waals surface area contributed by atoms with Gasteiger partial charge in [-0.25, -0.2) is 4.79 Å². The van der Waals surface area contributed by atoms with Crippen LogP contribution in [-0.4, -0.2) is 28.7 Å². The summed E-state index contributed by atoms with van der Waals surface area (Å²) in [6, 6.07) is 5.95. The molecule has 0 aromatic heterocycles. The molecule has 0 aliphatic heterocycles. The zero-order valence-electron chi connectivity index (χ0n) is 13.7. The largest absolute Gasteiger partial charge is 0.396 e. The Morgan fingerprint density at radius 3 is 2.67 bits per heavy atom. The number of nitrogens with one attached hydrogen (secondary N) is 2. The number of urea groups is 1. The van der Waals surface area contributed by atoms with Crippen molar-refractivity contribution >= 4 is 11.7 Å². The fourth-order valence-corrected chi connectivity index (χ4v) is 3.33. The molecule has 24 heavy (non-hydrogen) atoms. The minimum Gasteiger partial charge on any atom is -0.396 e. The van der Waals surface area contributed by atoms with Crippen LogP contribution >= 0.6 is 0 Å². The monoisotopic (exact) mass is 335 g/mol. The lowest BCUT2D eigenvalue weighted by molar-refractivity contribution is -0.385. The number of hydrogen-bond donors (Lipinski definition) is 3. The smallest absolute Gasteiger partial charge is 0.315 e. The standard InChI is InChI=1S/C17H25N3O4/c21-11-10-15(13-6-2-1-3-7-13)19-17(22)18-12-14-8-4-5-9-16(14)20(23)24/h4-5,8-9,13,15,21H,1-3,6-7,10-12H2,(H2,18,19,22). The molecule has 1 saturated carbocycles. The number of aliphatic hydroxyl groups is 1. The molecule has 0 spiro atoms. The molecule has 0 bridgehead atoms. The Hall–Kier alpha value is -2.15. The number of carbonyl (C=O) groups excluding carboxylic acids is 1. The van der Waals surface area contributed by atoms with E-state index in [1.807, 2.05) is 0 Å². The number of rotatable bonds is 7. The van der Waals surface area contributed by atoms with Crippen molar-refractivity contribution < 1.29 is 14.8 Å². The third-order valence-electron chi connectivity index (χ3n) is 4.60. The minimum absolute atomic E-state index is 0.00279. The molecule has 132 valence electrons. The number of nitro benzene ring substituents is 1. The lowest BCUT2D eigenvalue weighted by Crippen LogP contribution is -2.46. The Morgan fingerprint density at radius 2 is 2.00 bits per heavy atom. The van der Waals surface area contributed by atoms with Crippen molar-refractivity contribution in [3.63, 3.8) is 0 Å². The van der Waals surface area contributed by atoms with Gasteiger partial charge in [0.2, 0.25) is 0 Å². The Balaban J connectivity index is 1.90. The van der Waals surface area contributed by atoms with E-state index in [1.165, 1.54) is 12.5 Å². The van der Waals surface area contributed by atoms with Crippen molar-refractivity contribution in [2.24, 2.45) is 5.92 Å². The Morgan fingerprint density at radius 1 is 1.29 bits per heavy atom. The molecule has 1 unspecified atom stereocenters. The summed E-state index contributed by atoms with van der Waals surface area (Å²) in [6.45, 7) is 0.130. The maximum absolute atomic E-state index is 12.2. The first-order valence-electron chi connectivity index (χ1n) is 8.49. The number of aliphatic hydroxyl groups excluding tert-OH is 1. The highest BCUT2D eigenvalue weighted by Gasteiger charge is 2.24. The van der Waals surface area contributed by atoms with E-state index in [2.05, 4.69) is 10.6 Å². The lowest BCUT2D eigenvalue weighted by atomic mass is 9.83. The Bertz CT molecular complexity index is 559. The molecule has 2 amide bonds. The molecular formula is C17H25N3O4. The van der Waals surface area contributed by atoms with Crippen LogP contribution in [-0.2, 0) is 6.54 Å². The first-order valence-corrected chi connectivity index (χ1v) is 8.49. The van der Waals surface area contributed by atoms with E-state index in [1.54, 1.807) is 18.2 Å². The van der Waals surface area contributed by atoms with Gasteiger partial charge in [0.15, 0.2) is 0 Å². The molecule has 2 rings (SSSR count). The number of hydrogen-bond acceptors (Lipinski definition) is 4. The van der Waals surface area contributed by atoms with Crippen molar-refractivity contribution in [2.45, 2.75) is 51.1 Å². The minimum atomic E-state index is -0.453. The van der Waals surface area contributed by atoms with Gasteiger partial charge < -0.3 is 15.7 Å². The maximum Gasteiger partial charge on any atom is 0.315 e. The second kappa shape index (κ2) is 9.22. The number of nitrogens with zero attached hydrogens (tertiary/aromatic N) is 1. The topological polar surface area (TPSA) is 104 Å². The summed E-state index contributed by atoms with van der Waals surface area (Å²) >= 11 is 0. The molecule has 7 nitrogen and oxygen atoms in total. The van der Waals surface area contributed by atoms with Crippen LogP contribution in [0.1, 0.15) is 44.1 Å². The number of carbonyl (C=O) groups is 1. The third kappa shape index (κ3) is 5.19. The second-order valence-electron chi connectivity index (χ2n) is 6.23. The first-order chi connectivity index (χ1) is 11.6. The van der Waals surface area contributed by atoms with Crippen LogP contribution in [0, 0.1) is 16.0 Å². The average molecular weight is 335 g/mol. The van der Waals surface area contributed by atoms with Crippen LogP contribution in [0.25, 0.3) is 0 Å². The lowest BCUT2D eigenvalue weighted by Gasteiger charge is -2.30. The van der Waals surface area contributed by atoms with Gasteiger partial charge in [-0.05, 0) is 25.2 Å². The Labute approximate surface area is 141 Å². The summed E-state index contributed by atoms with van der Waals surface area (Å²) in [5.41, 5.74) is 0.464. The molecular weight excluding hydrogens is 310 g/mol. The molecule has 1 aromatic rings. The maximum atomic E-state index is 12.2. The van der Waals surface area contributed by atoms with Crippen molar-refractivity contribution in [1.82, 2.24) is 10.6 Å². The predicted octanol–water partition coefficient (Wildman–Crippen LogP) is 2.73. The molecule has 0 heterocycles. The summed E-state index contributed by atoms with van der Waals surface area (Å²) in [5, 5.41) is 25.8. The molecule has 0 radical (unpaired) electrons. The average Bonchev–Trinajstić information content (AvgIpc) is 2.60. The van der Waals surface area contributed by atoms with Crippen molar-refractivity contribution in [3.8, 4) is 0 Å². The van der Waals surface area contributed by atoms with Crippen LogP contribution in [0.5, 0.6) is 0 Å². The zero-order valence-corrected chi connectivity index (χ0v) is 13.7. The van der Waals surface area contributed by atoms with Crippen LogP contribution in [0.2, 0.25) is 0 Å². The van der Waals surface area contributed by atoms with Gasteiger partial charge in [0.05, 0.1) is 11.5 Å². The number of nitro groups is 1. The van der Waals surface area contributed by atoms with Crippen molar-refractivity contribution in [1.29, 1.82) is 0 Å². The van der Waals surface area contributed by atoms with Crippen molar-refractivity contribution in [2.75, 3.05) is 6.61 Å². The van der Waals surface area contributed by atoms with Crippen LogP contribution in [0.15, 0.2) is 24.3 Å². The van der Waals surface area contributed by atoms with E-state index in [0.29, 0.717) is 17.9 Å². The second-order valence-corrected chi connectivity index (χ2v) is 6.23. The summed E-state index contributed by atoms with van der Waals surface area (Å²) in [7, 11) is 0. The highest BCUT2D eigenvalue weighted by atomic mass is 16.6. The number of amides is 2. The molecule has 0 saturated heterocycles. The van der Waals surface area contributed by atoms with E-state index in [0.717, 1.165) is 25.7 Å². The van der Waals surface area contributed by atoms with E-state index >= 15 is 0 Å². The molecule has 7 heteroatoms. The van der Waals surface area contributed by atoms with Gasteiger partial charge in [0.25, 0.3) is 5.69 Å². The van der Waals surface area contributed by atoms with Gasteiger partial charge in [-0.1, -0.05) is 37.5 Å². The predicted molar refractivity (Wildman–Crippen MR) is 90.5 cm³/mol. The molecule has 1 fully saturated rings. The van der Waals surface area contributed by atoms with Gasteiger partial charge in [0, 0.05) is 24.3 Å². The van der Waals surface area contributed by atoms with E-state index in [9.17, 15) is 20.0 Å². The fourth-order valence-electron chi connectivity index (χ4n) is 3.33. The van der Waals surface area contributed by atoms with Gasteiger partial charge in [-0.2, -0.15) is 0 Å². The third-order valence-corrected chi connectivity index (χ3v) is 4.60. The highest BCUT2D eigenvalue weighted by molar-refractivity contribution is 5.74. The van der Waals surface area contributed by atoms with Gasteiger partial charge in [-0.3, -0.25) is 10.1 Å². The summed E-state index contributed by atoms with van der Waals surface area (Å²) in [6.07, 6.45) is 6.21. The molecule has 1 atom stereocenters. The van der Waals surface area contributed by atoms with Gasteiger partial charge in [0.1, 0.15) is 0 Å². The van der Waals surface area contributed by atoms with E-state index in [-0.39, 0.29) is 30.9 Å². The normalized spacial score (nSPS) is 16.4. The first kappa shape index (κ1) is 18.2. The van der Waals surface area contributed by atoms with Crippen LogP contribution < -0.4 is 10.6 Å². The summed E-state index contributed by atoms with van der Waals surface area (Å²) < 4.78 is 0. The van der Waals surface area contributed by atoms with Crippen molar-refractivity contribution in [3.05, 3.63) is 39.9 Å². The molecule has 3 N–H and O–H groups in total. The van der Waals surface area contributed by atoms with Gasteiger partial charge >= 0.3 is 6.03 Å². The fraction of sp³-hybridized carbons (Fsp3) is 0.588. The molecule has 1 aromatic carbocycles. The summed E-state index contributed by atoms with van der Waals surface area (Å²) in [4.78, 5) is 22.7. The molecule has 1 aliphatic rings. The van der Waals surface area contributed by atoms with E-state index in [4.69, 9.17) is 0 Å². The SMILES string of the molecule is O=C(NCc1ccccc1[N+](=O)[O-])NC(CCO)C1CCCCC1. The Kier molecular flexibility index (Phi) is 6.99. The zero-order chi connectivity index (χ0) is 17.4. The number of para-hydroxylation sites is 1. The van der Waals surface area contributed by atoms with Crippen LogP contribution in [0.3, 0.4) is 0 Å². The highest BCUT2D eigenvalue weighted by Crippen LogP contribution is 2.27. The van der Waals surface area contributed by atoms with Gasteiger partial charge in [-0.15, -0.1) is 0 Å². The van der Waals surface area contributed by atoms with Crippen LogP contribution in [0.4, 0.5) is 10.5 Å². The molecule has 1 aliphatic carbocycles. The quantitative estimate of drug-likeness (QED) is 0.526. The number of benzene rings is 1. The van der Waals surface area contributed by atoms with E-state index < -0.39 is 4.92 Å².